The number of halogens is 1. The molecule has 1 aliphatic heterocycles. The summed E-state index contributed by atoms with van der Waals surface area (Å²) in [5, 5.41) is 30.2. The lowest BCUT2D eigenvalue weighted by Crippen LogP contribution is -2.33. The zero-order chi connectivity index (χ0) is 21.1. The number of aliphatic hydroxyl groups excluding tert-OH is 3. The highest BCUT2D eigenvalue weighted by molar-refractivity contribution is 6.31. The quantitative estimate of drug-likeness (QED) is 0.638. The van der Waals surface area contributed by atoms with Crippen molar-refractivity contribution in [2.75, 3.05) is 13.2 Å². The van der Waals surface area contributed by atoms with Gasteiger partial charge in [0, 0.05) is 23.3 Å². The minimum Gasteiger partial charge on any atom is -0.395 e. The third-order valence-electron chi connectivity index (χ3n) is 6.85. The molecule has 0 aromatic heterocycles. The van der Waals surface area contributed by atoms with E-state index >= 15 is 0 Å². The van der Waals surface area contributed by atoms with Gasteiger partial charge in [0.25, 0.3) is 0 Å². The maximum absolute atomic E-state index is 10.1. The van der Waals surface area contributed by atoms with Crippen LogP contribution in [0.25, 0.3) is 0 Å². The molecule has 0 bridgehead atoms. The SMILES string of the molecule is OC[C@@H]1C[C@H](O)C[C@H](c2ccc(Cl)c(Cc3ccc(C4(CO)CCCC4)cc3)c2)O1. The summed E-state index contributed by atoms with van der Waals surface area (Å²) in [6.45, 7) is 0.123. The van der Waals surface area contributed by atoms with E-state index in [1.165, 1.54) is 24.0 Å². The fourth-order valence-corrected chi connectivity index (χ4v) is 5.22. The third-order valence-corrected chi connectivity index (χ3v) is 7.22. The summed E-state index contributed by atoms with van der Waals surface area (Å²) in [5.74, 6) is 0. The summed E-state index contributed by atoms with van der Waals surface area (Å²) < 4.78 is 5.96. The summed E-state index contributed by atoms with van der Waals surface area (Å²) in [7, 11) is 0. The normalized spacial score (nSPS) is 26.1. The van der Waals surface area contributed by atoms with Gasteiger partial charge in [-0.15, -0.1) is 0 Å². The second kappa shape index (κ2) is 9.37. The zero-order valence-corrected chi connectivity index (χ0v) is 18.0. The van der Waals surface area contributed by atoms with Gasteiger partial charge in [0.2, 0.25) is 0 Å². The molecule has 1 aliphatic carbocycles. The molecule has 5 heteroatoms. The molecule has 3 N–H and O–H groups in total. The Kier molecular flexibility index (Phi) is 6.81. The maximum atomic E-state index is 10.1. The molecule has 3 atom stereocenters. The number of hydrogen-bond acceptors (Lipinski definition) is 4. The highest BCUT2D eigenvalue weighted by Crippen LogP contribution is 2.41. The zero-order valence-electron chi connectivity index (χ0n) is 17.3. The minimum absolute atomic E-state index is 0.0709. The van der Waals surface area contributed by atoms with Crippen LogP contribution < -0.4 is 0 Å². The molecule has 0 unspecified atom stereocenters. The predicted octanol–water partition coefficient (Wildman–Crippen LogP) is 4.31. The van der Waals surface area contributed by atoms with Gasteiger partial charge in [-0.1, -0.05) is 60.8 Å². The molecule has 1 heterocycles. The molecule has 162 valence electrons. The van der Waals surface area contributed by atoms with E-state index in [2.05, 4.69) is 30.3 Å². The Balaban J connectivity index is 1.51. The predicted molar refractivity (Wildman–Crippen MR) is 118 cm³/mol. The molecule has 4 nitrogen and oxygen atoms in total. The number of ether oxygens (including phenoxy) is 1. The van der Waals surface area contributed by atoms with E-state index in [1.807, 2.05) is 12.1 Å². The number of benzene rings is 2. The Morgan fingerprint density at radius 1 is 1.00 bits per heavy atom. The van der Waals surface area contributed by atoms with Crippen molar-refractivity contribution in [1.29, 1.82) is 0 Å². The maximum Gasteiger partial charge on any atom is 0.0854 e. The number of aliphatic hydroxyl groups is 3. The van der Waals surface area contributed by atoms with Crippen molar-refractivity contribution in [3.05, 3.63) is 69.7 Å². The second-order valence-electron chi connectivity index (χ2n) is 8.92. The van der Waals surface area contributed by atoms with Gasteiger partial charge in [0.15, 0.2) is 0 Å². The molecule has 2 aliphatic rings. The van der Waals surface area contributed by atoms with Crippen molar-refractivity contribution >= 4 is 11.6 Å². The molecular formula is C25H31ClO4. The van der Waals surface area contributed by atoms with Crippen LogP contribution in [0.2, 0.25) is 5.02 Å². The first-order valence-electron chi connectivity index (χ1n) is 11.0. The molecule has 2 aromatic rings. The van der Waals surface area contributed by atoms with E-state index in [-0.39, 0.29) is 30.8 Å². The van der Waals surface area contributed by atoms with E-state index < -0.39 is 6.10 Å². The fourth-order valence-electron chi connectivity index (χ4n) is 5.04. The lowest BCUT2D eigenvalue weighted by molar-refractivity contribution is -0.113. The van der Waals surface area contributed by atoms with E-state index in [4.69, 9.17) is 16.3 Å². The van der Waals surface area contributed by atoms with Crippen LogP contribution in [-0.2, 0) is 16.6 Å². The van der Waals surface area contributed by atoms with Gasteiger partial charge in [0.1, 0.15) is 0 Å². The van der Waals surface area contributed by atoms with Crippen molar-refractivity contribution in [2.24, 2.45) is 0 Å². The molecule has 4 rings (SSSR count). The molecular weight excluding hydrogens is 400 g/mol. The van der Waals surface area contributed by atoms with Crippen LogP contribution in [-0.4, -0.2) is 40.7 Å². The van der Waals surface area contributed by atoms with Gasteiger partial charge >= 0.3 is 0 Å². The standard InChI is InChI=1S/C25H31ClO4/c26-23-8-5-18(24-14-21(29)13-22(15-27)30-24)12-19(23)11-17-3-6-20(7-4-17)25(16-28)9-1-2-10-25/h3-8,12,21-22,24,27-29H,1-2,9-11,13-16H2/t21-,22-,24+/m0/s1. The van der Waals surface area contributed by atoms with E-state index in [1.54, 1.807) is 0 Å². The fraction of sp³-hybridized carbons (Fsp3) is 0.520. The second-order valence-corrected chi connectivity index (χ2v) is 9.33. The van der Waals surface area contributed by atoms with Crippen molar-refractivity contribution in [2.45, 2.75) is 68.7 Å². The van der Waals surface area contributed by atoms with Crippen molar-refractivity contribution < 1.29 is 20.1 Å². The lowest BCUT2D eigenvalue weighted by atomic mass is 9.79. The Bertz CT molecular complexity index is 845. The van der Waals surface area contributed by atoms with E-state index in [0.717, 1.165) is 24.0 Å². The van der Waals surface area contributed by atoms with Crippen LogP contribution in [0.1, 0.15) is 66.9 Å². The first-order chi connectivity index (χ1) is 14.5. The topological polar surface area (TPSA) is 69.9 Å². The summed E-state index contributed by atoms with van der Waals surface area (Å²) in [6.07, 6.45) is 5.12. The number of hydrogen-bond donors (Lipinski definition) is 3. The summed E-state index contributed by atoms with van der Waals surface area (Å²) in [5.41, 5.74) is 4.32. The number of rotatable bonds is 6. The summed E-state index contributed by atoms with van der Waals surface area (Å²) >= 11 is 6.49. The van der Waals surface area contributed by atoms with E-state index in [9.17, 15) is 15.3 Å². The molecule has 2 fully saturated rings. The first-order valence-corrected chi connectivity index (χ1v) is 11.3. The summed E-state index contributed by atoms with van der Waals surface area (Å²) in [4.78, 5) is 0. The van der Waals surface area contributed by atoms with Crippen LogP contribution in [0.3, 0.4) is 0 Å². The lowest BCUT2D eigenvalue weighted by Gasteiger charge is -2.32. The Morgan fingerprint density at radius 3 is 2.40 bits per heavy atom. The monoisotopic (exact) mass is 430 g/mol. The molecule has 1 saturated carbocycles. The Labute approximate surface area is 183 Å². The van der Waals surface area contributed by atoms with Gasteiger partial charge in [0.05, 0.1) is 31.5 Å². The molecule has 1 saturated heterocycles. The summed E-state index contributed by atoms with van der Waals surface area (Å²) in [6, 6.07) is 14.5. The van der Waals surface area contributed by atoms with Gasteiger partial charge in [-0.25, -0.2) is 0 Å². The Morgan fingerprint density at radius 2 is 1.73 bits per heavy atom. The van der Waals surface area contributed by atoms with Gasteiger partial charge in [-0.2, -0.15) is 0 Å². The molecule has 0 radical (unpaired) electrons. The van der Waals surface area contributed by atoms with Crippen LogP contribution in [0.15, 0.2) is 42.5 Å². The van der Waals surface area contributed by atoms with Crippen molar-refractivity contribution in [1.82, 2.24) is 0 Å². The minimum atomic E-state index is -0.470. The highest BCUT2D eigenvalue weighted by Gasteiger charge is 2.34. The Hall–Kier alpha value is -1.43. The van der Waals surface area contributed by atoms with Gasteiger partial charge in [-0.05, 0) is 47.6 Å². The largest absolute Gasteiger partial charge is 0.395 e. The van der Waals surface area contributed by atoms with Crippen LogP contribution in [0.4, 0.5) is 0 Å². The van der Waals surface area contributed by atoms with Crippen LogP contribution in [0.5, 0.6) is 0 Å². The van der Waals surface area contributed by atoms with Gasteiger partial charge < -0.3 is 20.1 Å². The third kappa shape index (κ3) is 4.58. The molecule has 30 heavy (non-hydrogen) atoms. The van der Waals surface area contributed by atoms with Crippen molar-refractivity contribution in [3.63, 3.8) is 0 Å². The highest BCUT2D eigenvalue weighted by atomic mass is 35.5. The van der Waals surface area contributed by atoms with E-state index in [0.29, 0.717) is 24.3 Å². The van der Waals surface area contributed by atoms with Crippen LogP contribution >= 0.6 is 11.6 Å². The van der Waals surface area contributed by atoms with Crippen molar-refractivity contribution in [3.8, 4) is 0 Å². The first kappa shape index (κ1) is 21.8. The van der Waals surface area contributed by atoms with Crippen LogP contribution in [0, 0.1) is 0 Å². The van der Waals surface area contributed by atoms with Gasteiger partial charge in [-0.3, -0.25) is 0 Å². The average molecular weight is 431 g/mol. The molecule has 2 aromatic carbocycles. The average Bonchev–Trinajstić information content (AvgIpc) is 3.26. The molecule has 0 spiro atoms. The smallest absolute Gasteiger partial charge is 0.0854 e. The molecule has 0 amide bonds.